The average Bonchev–Trinajstić information content (AvgIpc) is 3.29. The number of sulfonamides is 1. The summed E-state index contributed by atoms with van der Waals surface area (Å²) in [6.45, 7) is 1.52. The van der Waals surface area contributed by atoms with Crippen molar-refractivity contribution < 1.29 is 32.2 Å². The van der Waals surface area contributed by atoms with Crippen LogP contribution in [0.2, 0.25) is 0 Å². The second-order valence-electron chi connectivity index (χ2n) is 7.31. The van der Waals surface area contributed by atoms with Gasteiger partial charge in [-0.3, -0.25) is 9.59 Å². The Hall–Kier alpha value is -3.11. The maximum Gasteiger partial charge on any atom is 0.324 e. The predicted octanol–water partition coefficient (Wildman–Crippen LogP) is 2.35. The Balaban J connectivity index is 1.63. The maximum atomic E-state index is 13.0. The highest BCUT2D eigenvalue weighted by Crippen LogP contribution is 2.29. The standard InChI is InChI=1S/C22H26N2O7S/c1-15-6-9-17(10-7-15)32(27,28)24-12-4-5-19(24)22(26)31-14-21(25)23-18-11-8-16(29-2)13-20(18)30-3/h6-11,13,19H,4-5,12,14H2,1-3H3,(H,23,25)/t19-/m0/s1. The van der Waals surface area contributed by atoms with Crippen LogP contribution in [0.15, 0.2) is 47.4 Å². The first kappa shape index (κ1) is 23.6. The molecule has 1 aliphatic rings. The third kappa shape index (κ3) is 5.20. The molecular weight excluding hydrogens is 436 g/mol. The van der Waals surface area contributed by atoms with Gasteiger partial charge in [0.2, 0.25) is 10.0 Å². The van der Waals surface area contributed by atoms with E-state index < -0.39 is 34.5 Å². The molecule has 32 heavy (non-hydrogen) atoms. The molecule has 9 nitrogen and oxygen atoms in total. The van der Waals surface area contributed by atoms with Crippen LogP contribution in [-0.4, -0.2) is 58.0 Å². The smallest absolute Gasteiger partial charge is 0.324 e. The summed E-state index contributed by atoms with van der Waals surface area (Å²) < 4.78 is 42.6. The van der Waals surface area contributed by atoms with Crippen molar-refractivity contribution in [2.24, 2.45) is 0 Å². The average molecular weight is 463 g/mol. The van der Waals surface area contributed by atoms with Crippen LogP contribution in [-0.2, 0) is 24.3 Å². The number of carbonyl (C=O) groups is 2. The van der Waals surface area contributed by atoms with Gasteiger partial charge in [0, 0.05) is 12.6 Å². The molecule has 1 aliphatic heterocycles. The Bertz CT molecular complexity index is 1080. The third-order valence-electron chi connectivity index (χ3n) is 5.13. The third-order valence-corrected chi connectivity index (χ3v) is 7.05. The first-order valence-corrected chi connectivity index (χ1v) is 11.5. The number of benzene rings is 2. The lowest BCUT2D eigenvalue weighted by molar-refractivity contribution is -0.150. The van der Waals surface area contributed by atoms with Gasteiger partial charge < -0.3 is 19.5 Å². The maximum absolute atomic E-state index is 13.0. The molecule has 1 heterocycles. The minimum Gasteiger partial charge on any atom is -0.497 e. The molecule has 1 amide bonds. The van der Waals surface area contributed by atoms with Gasteiger partial charge in [-0.2, -0.15) is 4.31 Å². The second-order valence-corrected chi connectivity index (χ2v) is 9.20. The number of carbonyl (C=O) groups excluding carboxylic acids is 2. The van der Waals surface area contributed by atoms with Crippen LogP contribution in [0.5, 0.6) is 11.5 Å². The summed E-state index contributed by atoms with van der Waals surface area (Å²) in [6.07, 6.45) is 0.859. The number of ether oxygens (including phenoxy) is 3. The Kier molecular flexibility index (Phi) is 7.37. The van der Waals surface area contributed by atoms with E-state index in [1.807, 2.05) is 6.92 Å². The minimum atomic E-state index is -3.85. The normalized spacial score (nSPS) is 16.4. The molecule has 0 radical (unpaired) electrons. The van der Waals surface area contributed by atoms with E-state index in [0.717, 1.165) is 9.87 Å². The zero-order valence-corrected chi connectivity index (χ0v) is 19.0. The number of hydrogen-bond acceptors (Lipinski definition) is 7. The number of methoxy groups -OCH3 is 2. The van der Waals surface area contributed by atoms with Gasteiger partial charge in [-0.1, -0.05) is 17.7 Å². The Morgan fingerprint density at radius 1 is 1.09 bits per heavy atom. The topological polar surface area (TPSA) is 111 Å². The van der Waals surface area contributed by atoms with Crippen molar-refractivity contribution in [1.82, 2.24) is 4.31 Å². The minimum absolute atomic E-state index is 0.118. The van der Waals surface area contributed by atoms with Crippen LogP contribution in [0.4, 0.5) is 5.69 Å². The summed E-state index contributed by atoms with van der Waals surface area (Å²) in [6, 6.07) is 10.3. The van der Waals surface area contributed by atoms with Gasteiger partial charge in [-0.05, 0) is 44.0 Å². The lowest BCUT2D eigenvalue weighted by Crippen LogP contribution is -2.42. The number of rotatable bonds is 8. The highest BCUT2D eigenvalue weighted by Gasteiger charge is 2.40. The van der Waals surface area contributed by atoms with Crippen molar-refractivity contribution in [1.29, 1.82) is 0 Å². The number of amides is 1. The molecule has 1 atom stereocenters. The summed E-state index contributed by atoms with van der Waals surface area (Å²) >= 11 is 0. The van der Waals surface area contributed by atoms with Gasteiger partial charge in [0.15, 0.2) is 6.61 Å². The molecule has 1 fully saturated rings. The largest absolute Gasteiger partial charge is 0.497 e. The fourth-order valence-electron chi connectivity index (χ4n) is 3.43. The summed E-state index contributed by atoms with van der Waals surface area (Å²) in [4.78, 5) is 25.0. The molecule has 0 unspecified atom stereocenters. The van der Waals surface area contributed by atoms with E-state index in [9.17, 15) is 18.0 Å². The van der Waals surface area contributed by atoms with Crippen LogP contribution in [0.25, 0.3) is 0 Å². The highest BCUT2D eigenvalue weighted by atomic mass is 32.2. The van der Waals surface area contributed by atoms with Gasteiger partial charge in [-0.15, -0.1) is 0 Å². The lowest BCUT2D eigenvalue weighted by Gasteiger charge is -2.22. The van der Waals surface area contributed by atoms with Crippen molar-refractivity contribution in [2.75, 3.05) is 32.7 Å². The molecule has 172 valence electrons. The number of esters is 1. The zero-order chi connectivity index (χ0) is 23.3. The van der Waals surface area contributed by atoms with Crippen molar-refractivity contribution >= 4 is 27.6 Å². The van der Waals surface area contributed by atoms with Crippen LogP contribution >= 0.6 is 0 Å². The molecule has 1 saturated heterocycles. The summed E-state index contributed by atoms with van der Waals surface area (Å²) in [5.74, 6) is -0.389. The van der Waals surface area contributed by atoms with Crippen LogP contribution < -0.4 is 14.8 Å². The molecule has 3 rings (SSSR count). The molecule has 1 N–H and O–H groups in total. The first-order valence-electron chi connectivity index (χ1n) is 10.0. The van der Waals surface area contributed by atoms with Crippen LogP contribution in [0.1, 0.15) is 18.4 Å². The van der Waals surface area contributed by atoms with Gasteiger partial charge in [0.25, 0.3) is 5.91 Å². The van der Waals surface area contributed by atoms with Crippen molar-refractivity contribution in [3.63, 3.8) is 0 Å². The Morgan fingerprint density at radius 3 is 2.47 bits per heavy atom. The molecule has 0 saturated carbocycles. The molecule has 0 aliphatic carbocycles. The molecule has 0 spiro atoms. The zero-order valence-electron chi connectivity index (χ0n) is 18.2. The SMILES string of the molecule is COc1ccc(NC(=O)COC(=O)[C@@H]2CCCN2S(=O)(=O)c2ccc(C)cc2)c(OC)c1. The first-order chi connectivity index (χ1) is 15.3. The van der Waals surface area contributed by atoms with E-state index in [0.29, 0.717) is 30.0 Å². The van der Waals surface area contributed by atoms with E-state index in [1.54, 1.807) is 30.3 Å². The van der Waals surface area contributed by atoms with Gasteiger partial charge in [0.05, 0.1) is 24.8 Å². The van der Waals surface area contributed by atoms with E-state index >= 15 is 0 Å². The molecule has 2 aromatic carbocycles. The van der Waals surface area contributed by atoms with Gasteiger partial charge >= 0.3 is 5.97 Å². The van der Waals surface area contributed by atoms with E-state index in [2.05, 4.69) is 5.32 Å². The number of aryl methyl sites for hydroxylation is 1. The van der Waals surface area contributed by atoms with Crippen LogP contribution in [0, 0.1) is 6.92 Å². The van der Waals surface area contributed by atoms with Crippen molar-refractivity contribution in [2.45, 2.75) is 30.7 Å². The second kappa shape index (κ2) is 10.0. The Morgan fingerprint density at radius 2 is 1.81 bits per heavy atom. The molecule has 0 bridgehead atoms. The van der Waals surface area contributed by atoms with Gasteiger partial charge in [0.1, 0.15) is 17.5 Å². The van der Waals surface area contributed by atoms with Crippen molar-refractivity contribution in [3.8, 4) is 11.5 Å². The van der Waals surface area contributed by atoms with E-state index in [-0.39, 0.29) is 11.4 Å². The number of nitrogens with zero attached hydrogens (tertiary/aromatic N) is 1. The van der Waals surface area contributed by atoms with Crippen LogP contribution in [0.3, 0.4) is 0 Å². The number of anilines is 1. The monoisotopic (exact) mass is 462 g/mol. The molecular formula is C22H26N2O7S. The van der Waals surface area contributed by atoms with Crippen molar-refractivity contribution in [3.05, 3.63) is 48.0 Å². The molecule has 2 aromatic rings. The quantitative estimate of drug-likeness (QED) is 0.600. The fourth-order valence-corrected chi connectivity index (χ4v) is 5.08. The van der Waals surface area contributed by atoms with E-state index in [4.69, 9.17) is 14.2 Å². The summed E-state index contributed by atoms with van der Waals surface area (Å²) in [5, 5.41) is 2.60. The predicted molar refractivity (Wildman–Crippen MR) is 117 cm³/mol. The summed E-state index contributed by atoms with van der Waals surface area (Å²) in [5.41, 5.74) is 1.32. The number of nitrogens with one attached hydrogen (secondary N) is 1. The molecule has 10 heteroatoms. The highest BCUT2D eigenvalue weighted by molar-refractivity contribution is 7.89. The van der Waals surface area contributed by atoms with Gasteiger partial charge in [-0.25, -0.2) is 8.42 Å². The fraction of sp³-hybridized carbons (Fsp3) is 0.364. The Labute approximate surface area is 187 Å². The number of hydrogen-bond donors (Lipinski definition) is 1. The molecule has 0 aromatic heterocycles. The summed E-state index contributed by atoms with van der Waals surface area (Å²) in [7, 11) is -0.885. The van der Waals surface area contributed by atoms with E-state index in [1.165, 1.54) is 26.4 Å². The lowest BCUT2D eigenvalue weighted by atomic mass is 10.2.